The van der Waals surface area contributed by atoms with Crippen molar-refractivity contribution >= 4 is 8.56 Å². The first kappa shape index (κ1) is 31.1. The van der Waals surface area contributed by atoms with E-state index in [4.69, 9.17) is 8.85 Å². The van der Waals surface area contributed by atoms with Gasteiger partial charge in [-0.05, 0) is 12.1 Å². The molecule has 0 aliphatic rings. The maximum Gasteiger partial charge on any atom is 0.337 e. The number of unbranched alkanes of at least 4 members (excludes halogenated alkanes) is 20. The van der Waals surface area contributed by atoms with Crippen LogP contribution in [-0.2, 0) is 8.85 Å². The summed E-state index contributed by atoms with van der Waals surface area (Å²) in [5, 5.41) is 0. The van der Waals surface area contributed by atoms with Gasteiger partial charge in [0.25, 0.3) is 0 Å². The van der Waals surface area contributed by atoms with Gasteiger partial charge in [0.15, 0.2) is 0 Å². The lowest BCUT2D eigenvalue weighted by molar-refractivity contribution is 0.238. The van der Waals surface area contributed by atoms with Crippen molar-refractivity contribution in [3.05, 3.63) is 0 Å². The van der Waals surface area contributed by atoms with Crippen molar-refractivity contribution in [1.82, 2.24) is 0 Å². The Balaban J connectivity index is 3.59. The van der Waals surface area contributed by atoms with E-state index < -0.39 is 8.56 Å². The summed E-state index contributed by atoms with van der Waals surface area (Å²) in [6, 6.07) is 2.38. The Labute approximate surface area is 198 Å². The molecule has 0 fully saturated rings. The van der Waals surface area contributed by atoms with Crippen LogP contribution in [0.2, 0.25) is 12.1 Å². The van der Waals surface area contributed by atoms with Crippen LogP contribution in [0.1, 0.15) is 155 Å². The molecule has 0 spiro atoms. The fourth-order valence-corrected chi connectivity index (χ4v) is 7.54. The quantitative estimate of drug-likeness (QED) is 0.0951. The second-order valence-corrected chi connectivity index (χ2v) is 13.5. The summed E-state index contributed by atoms with van der Waals surface area (Å²) < 4.78 is 12.0. The van der Waals surface area contributed by atoms with Crippen LogP contribution in [0.25, 0.3) is 0 Å². The molecule has 0 unspecified atom stereocenters. The Hall–Kier alpha value is 0.137. The zero-order valence-corrected chi connectivity index (χ0v) is 23.3. The number of hydrogen-bond acceptors (Lipinski definition) is 2. The molecule has 0 heterocycles. The zero-order valence-electron chi connectivity index (χ0n) is 22.3. The Kier molecular flexibility index (Phi) is 24.9. The van der Waals surface area contributed by atoms with Crippen molar-refractivity contribution in [2.24, 2.45) is 0 Å². The average Bonchev–Trinajstić information content (AvgIpc) is 2.79. The number of hydrogen-bond donors (Lipinski definition) is 0. The molecular weight excluding hydrogens is 396 g/mol. The van der Waals surface area contributed by atoms with E-state index in [0.717, 1.165) is 0 Å². The zero-order chi connectivity index (χ0) is 22.9. The molecule has 0 N–H and O–H groups in total. The SMILES string of the molecule is CCCCCCCCCCCCCCC[Si](CCCCCCCCCCC)(OC)OC. The van der Waals surface area contributed by atoms with Gasteiger partial charge in [0.05, 0.1) is 0 Å². The summed E-state index contributed by atoms with van der Waals surface area (Å²) >= 11 is 0. The minimum atomic E-state index is -1.93. The van der Waals surface area contributed by atoms with Gasteiger partial charge in [-0.1, -0.05) is 155 Å². The molecule has 0 aromatic carbocycles. The summed E-state index contributed by atoms with van der Waals surface area (Å²) in [6.07, 6.45) is 30.9. The van der Waals surface area contributed by atoms with E-state index in [-0.39, 0.29) is 0 Å². The van der Waals surface area contributed by atoms with Crippen LogP contribution in [0, 0.1) is 0 Å². The molecule has 0 rings (SSSR count). The van der Waals surface area contributed by atoms with Crippen LogP contribution in [-0.4, -0.2) is 22.8 Å². The summed E-state index contributed by atoms with van der Waals surface area (Å²) in [7, 11) is 1.86. The highest BCUT2D eigenvalue weighted by Crippen LogP contribution is 2.25. The molecule has 0 aliphatic carbocycles. The van der Waals surface area contributed by atoms with Gasteiger partial charge in [-0.3, -0.25) is 0 Å². The average molecular weight is 457 g/mol. The molecule has 0 aromatic heterocycles. The third-order valence-corrected chi connectivity index (χ3v) is 10.8. The molecular formula is C28H60O2Si. The Bertz CT molecular complexity index is 331. The lowest BCUT2D eigenvalue weighted by Gasteiger charge is -2.27. The van der Waals surface area contributed by atoms with Gasteiger partial charge in [0.2, 0.25) is 0 Å². The maximum atomic E-state index is 5.98. The summed E-state index contributed by atoms with van der Waals surface area (Å²) in [5.74, 6) is 0. The van der Waals surface area contributed by atoms with Crippen molar-refractivity contribution in [3.8, 4) is 0 Å². The van der Waals surface area contributed by atoms with Gasteiger partial charge < -0.3 is 8.85 Å². The molecule has 3 heteroatoms. The van der Waals surface area contributed by atoms with Crippen molar-refractivity contribution in [1.29, 1.82) is 0 Å². The highest BCUT2D eigenvalue weighted by atomic mass is 28.4. The fourth-order valence-electron chi connectivity index (χ4n) is 4.73. The predicted octanol–water partition coefficient (Wildman–Crippen LogP) is 10.3. The van der Waals surface area contributed by atoms with Crippen LogP contribution in [0.4, 0.5) is 0 Å². The minimum Gasteiger partial charge on any atom is -0.398 e. The molecule has 0 saturated carbocycles. The summed E-state index contributed by atoms with van der Waals surface area (Å²) in [5.41, 5.74) is 0. The van der Waals surface area contributed by atoms with Crippen LogP contribution in [0.3, 0.4) is 0 Å². The van der Waals surface area contributed by atoms with Gasteiger partial charge >= 0.3 is 8.56 Å². The van der Waals surface area contributed by atoms with Gasteiger partial charge in [-0.25, -0.2) is 0 Å². The second-order valence-electron chi connectivity index (χ2n) is 9.89. The number of rotatable bonds is 26. The maximum absolute atomic E-state index is 5.98. The van der Waals surface area contributed by atoms with E-state index in [2.05, 4.69) is 13.8 Å². The molecule has 31 heavy (non-hydrogen) atoms. The predicted molar refractivity (Wildman–Crippen MR) is 142 cm³/mol. The highest BCUT2D eigenvalue weighted by molar-refractivity contribution is 6.67. The third kappa shape index (κ3) is 20.5. The van der Waals surface area contributed by atoms with E-state index >= 15 is 0 Å². The summed E-state index contributed by atoms with van der Waals surface area (Å²) in [6.45, 7) is 4.59. The molecule has 0 bridgehead atoms. The Morgan fingerprint density at radius 2 is 0.581 bits per heavy atom. The van der Waals surface area contributed by atoms with Crippen LogP contribution >= 0.6 is 0 Å². The first-order valence-corrected chi connectivity index (χ1v) is 16.6. The van der Waals surface area contributed by atoms with Crippen LogP contribution in [0.5, 0.6) is 0 Å². The summed E-state index contributed by atoms with van der Waals surface area (Å²) in [4.78, 5) is 0. The highest BCUT2D eigenvalue weighted by Gasteiger charge is 2.33. The van der Waals surface area contributed by atoms with Crippen molar-refractivity contribution in [2.45, 2.75) is 167 Å². The van der Waals surface area contributed by atoms with Gasteiger partial charge in [-0.15, -0.1) is 0 Å². The molecule has 0 radical (unpaired) electrons. The van der Waals surface area contributed by atoms with E-state index in [9.17, 15) is 0 Å². The molecule has 188 valence electrons. The fraction of sp³-hybridized carbons (Fsp3) is 1.00. The van der Waals surface area contributed by atoms with E-state index in [1.807, 2.05) is 14.2 Å². The lowest BCUT2D eigenvalue weighted by atomic mass is 10.1. The third-order valence-electron chi connectivity index (χ3n) is 7.07. The topological polar surface area (TPSA) is 18.5 Å². The van der Waals surface area contributed by atoms with Crippen molar-refractivity contribution < 1.29 is 8.85 Å². The van der Waals surface area contributed by atoms with Crippen molar-refractivity contribution in [2.75, 3.05) is 14.2 Å². The van der Waals surface area contributed by atoms with Gasteiger partial charge in [-0.2, -0.15) is 0 Å². The molecule has 0 amide bonds. The largest absolute Gasteiger partial charge is 0.398 e. The van der Waals surface area contributed by atoms with E-state index in [0.29, 0.717) is 0 Å². The standard InChI is InChI=1S/C28H60O2Si/c1-5-7-9-11-13-15-16-17-18-20-22-24-26-28-31(29-3,30-4)27-25-23-21-19-14-12-10-8-6-2/h5-28H2,1-4H3. The van der Waals surface area contributed by atoms with Crippen LogP contribution < -0.4 is 0 Å². The monoisotopic (exact) mass is 456 g/mol. The smallest absolute Gasteiger partial charge is 0.337 e. The molecule has 0 aromatic rings. The molecule has 2 nitrogen and oxygen atoms in total. The van der Waals surface area contributed by atoms with E-state index in [1.54, 1.807) is 0 Å². The van der Waals surface area contributed by atoms with Crippen LogP contribution in [0.15, 0.2) is 0 Å². The lowest BCUT2D eigenvalue weighted by Crippen LogP contribution is -2.39. The first-order valence-electron chi connectivity index (χ1n) is 14.3. The molecule has 0 aliphatic heterocycles. The minimum absolute atomic E-state index is 1.19. The second kappa shape index (κ2) is 24.8. The Morgan fingerprint density at radius 1 is 0.355 bits per heavy atom. The van der Waals surface area contributed by atoms with Gasteiger partial charge in [0.1, 0.15) is 0 Å². The first-order chi connectivity index (χ1) is 15.2. The van der Waals surface area contributed by atoms with Gasteiger partial charge in [0, 0.05) is 14.2 Å². The normalized spacial score (nSPS) is 12.0. The van der Waals surface area contributed by atoms with Crippen molar-refractivity contribution in [3.63, 3.8) is 0 Å². The molecule has 0 atom stereocenters. The Morgan fingerprint density at radius 3 is 0.806 bits per heavy atom. The van der Waals surface area contributed by atoms with E-state index in [1.165, 1.54) is 153 Å². The molecule has 0 saturated heterocycles.